The Morgan fingerprint density at radius 3 is 2.71 bits per heavy atom. The number of aromatic nitrogens is 1. The summed E-state index contributed by atoms with van der Waals surface area (Å²) in [4.78, 5) is 26.6. The summed E-state index contributed by atoms with van der Waals surface area (Å²) in [5.74, 6) is -1.27. The predicted molar refractivity (Wildman–Crippen MR) is 49.3 cm³/mol. The van der Waals surface area contributed by atoms with Gasteiger partial charge in [-0.1, -0.05) is 6.07 Å². The second-order valence-electron chi connectivity index (χ2n) is 3.02. The maximum absolute atomic E-state index is 11.4. The van der Waals surface area contributed by atoms with Gasteiger partial charge in [0.15, 0.2) is 0 Å². The number of halogens is 1. The van der Waals surface area contributed by atoms with Crippen LogP contribution in [0.25, 0.3) is 0 Å². The Morgan fingerprint density at radius 1 is 1.43 bits per heavy atom. The molecule has 0 spiro atoms. The van der Waals surface area contributed by atoms with E-state index in [4.69, 9.17) is 11.8 Å². The quantitative estimate of drug-likeness (QED) is 0.515. The first-order valence-corrected chi connectivity index (χ1v) is 4.47. The van der Waals surface area contributed by atoms with Crippen molar-refractivity contribution in [3.63, 3.8) is 0 Å². The minimum absolute atomic E-state index is 0.110. The third-order valence-corrected chi connectivity index (χ3v) is 2.49. The molecule has 14 heavy (non-hydrogen) atoms. The molecule has 1 atom stereocenters. The standard InChI is InChI=1S/C9H7ClN2O2/c10-12-8(13)5-6(9(12)14)7-3-1-2-4-11-7/h1-4,6H,5H2. The summed E-state index contributed by atoms with van der Waals surface area (Å²) in [6.07, 6.45) is 1.70. The highest BCUT2D eigenvalue weighted by atomic mass is 35.5. The van der Waals surface area contributed by atoms with E-state index in [9.17, 15) is 9.59 Å². The first kappa shape index (κ1) is 9.15. The lowest BCUT2D eigenvalue weighted by molar-refractivity contribution is -0.132. The van der Waals surface area contributed by atoms with Crippen LogP contribution in [0.5, 0.6) is 0 Å². The first-order chi connectivity index (χ1) is 6.70. The van der Waals surface area contributed by atoms with E-state index in [0.717, 1.165) is 0 Å². The number of imide groups is 1. The Labute approximate surface area is 85.6 Å². The lowest BCUT2D eigenvalue weighted by Gasteiger charge is -2.05. The maximum Gasteiger partial charge on any atom is 0.253 e. The van der Waals surface area contributed by atoms with E-state index < -0.39 is 11.8 Å². The molecule has 1 unspecified atom stereocenters. The molecule has 1 aliphatic heterocycles. The summed E-state index contributed by atoms with van der Waals surface area (Å²) < 4.78 is 0.638. The molecule has 2 amide bonds. The summed E-state index contributed by atoms with van der Waals surface area (Å²) in [6, 6.07) is 5.24. The van der Waals surface area contributed by atoms with Crippen molar-refractivity contribution in [2.45, 2.75) is 12.3 Å². The number of carbonyl (C=O) groups is 2. The van der Waals surface area contributed by atoms with Gasteiger partial charge >= 0.3 is 0 Å². The molecule has 1 aliphatic rings. The van der Waals surface area contributed by atoms with Gasteiger partial charge in [-0.05, 0) is 12.1 Å². The number of rotatable bonds is 1. The Morgan fingerprint density at radius 2 is 2.21 bits per heavy atom. The lowest BCUT2D eigenvalue weighted by Crippen LogP contribution is -2.19. The highest BCUT2D eigenvalue weighted by Gasteiger charge is 2.39. The molecule has 72 valence electrons. The van der Waals surface area contributed by atoms with Crippen molar-refractivity contribution in [3.05, 3.63) is 30.1 Å². The highest BCUT2D eigenvalue weighted by Crippen LogP contribution is 2.28. The van der Waals surface area contributed by atoms with E-state index in [1.807, 2.05) is 0 Å². The van der Waals surface area contributed by atoms with Crippen molar-refractivity contribution in [2.75, 3.05) is 0 Å². The number of pyridine rings is 1. The number of hydrogen-bond donors (Lipinski definition) is 0. The van der Waals surface area contributed by atoms with E-state index >= 15 is 0 Å². The highest BCUT2D eigenvalue weighted by molar-refractivity contribution is 6.33. The maximum atomic E-state index is 11.4. The number of carbonyl (C=O) groups excluding carboxylic acids is 2. The van der Waals surface area contributed by atoms with Gasteiger partial charge in [0.05, 0.1) is 11.6 Å². The van der Waals surface area contributed by atoms with Crippen molar-refractivity contribution >= 4 is 23.6 Å². The molecule has 4 nitrogen and oxygen atoms in total. The van der Waals surface area contributed by atoms with Gasteiger partial charge in [-0.3, -0.25) is 14.6 Å². The fraction of sp³-hybridized carbons (Fsp3) is 0.222. The van der Waals surface area contributed by atoms with Crippen molar-refractivity contribution < 1.29 is 9.59 Å². The Kier molecular flexibility index (Phi) is 2.21. The van der Waals surface area contributed by atoms with Crippen LogP contribution in [-0.4, -0.2) is 21.2 Å². The van der Waals surface area contributed by atoms with E-state index in [2.05, 4.69) is 4.98 Å². The summed E-state index contributed by atoms with van der Waals surface area (Å²) in [7, 11) is 0. The fourth-order valence-electron chi connectivity index (χ4n) is 1.41. The van der Waals surface area contributed by atoms with Gasteiger partial charge in [0.1, 0.15) is 0 Å². The molecule has 0 radical (unpaired) electrons. The minimum Gasteiger partial charge on any atom is -0.273 e. The first-order valence-electron chi connectivity index (χ1n) is 4.13. The zero-order valence-electron chi connectivity index (χ0n) is 7.18. The van der Waals surface area contributed by atoms with Crippen molar-refractivity contribution in [1.82, 2.24) is 9.40 Å². The minimum atomic E-state index is -0.513. The molecular weight excluding hydrogens is 204 g/mol. The SMILES string of the molecule is O=C1CC(c2ccccn2)C(=O)N1Cl. The van der Waals surface area contributed by atoms with Crippen LogP contribution >= 0.6 is 11.8 Å². The number of amides is 2. The van der Waals surface area contributed by atoms with Gasteiger partial charge in [0.25, 0.3) is 5.91 Å². The Hall–Kier alpha value is -1.42. The van der Waals surface area contributed by atoms with Crippen LogP contribution in [0, 0.1) is 0 Å². The average Bonchev–Trinajstić information content (AvgIpc) is 2.47. The largest absolute Gasteiger partial charge is 0.273 e. The van der Waals surface area contributed by atoms with E-state index in [0.29, 0.717) is 10.1 Å². The van der Waals surface area contributed by atoms with Crippen LogP contribution in [-0.2, 0) is 9.59 Å². The van der Waals surface area contributed by atoms with Crippen molar-refractivity contribution in [3.8, 4) is 0 Å². The van der Waals surface area contributed by atoms with Gasteiger partial charge in [0, 0.05) is 24.4 Å². The molecule has 1 saturated heterocycles. The molecule has 1 fully saturated rings. The van der Waals surface area contributed by atoms with Crippen molar-refractivity contribution in [2.24, 2.45) is 0 Å². The van der Waals surface area contributed by atoms with Crippen LogP contribution in [0.1, 0.15) is 18.0 Å². The smallest absolute Gasteiger partial charge is 0.253 e. The van der Waals surface area contributed by atoms with E-state index in [1.54, 1.807) is 24.4 Å². The Balaban J connectivity index is 2.30. The van der Waals surface area contributed by atoms with Gasteiger partial charge in [-0.15, -0.1) is 0 Å². The second-order valence-corrected chi connectivity index (χ2v) is 3.36. The third-order valence-electron chi connectivity index (χ3n) is 2.13. The monoisotopic (exact) mass is 210 g/mol. The molecule has 1 aromatic heterocycles. The molecule has 0 saturated carbocycles. The van der Waals surface area contributed by atoms with Gasteiger partial charge in [0.2, 0.25) is 5.91 Å². The molecule has 2 rings (SSSR count). The van der Waals surface area contributed by atoms with Gasteiger partial charge < -0.3 is 0 Å². The van der Waals surface area contributed by atoms with Crippen LogP contribution in [0.4, 0.5) is 0 Å². The number of nitrogens with zero attached hydrogens (tertiary/aromatic N) is 2. The zero-order chi connectivity index (χ0) is 10.1. The Bertz CT molecular complexity index is 380. The van der Waals surface area contributed by atoms with Crippen LogP contribution in [0.2, 0.25) is 0 Å². The summed E-state index contributed by atoms with van der Waals surface area (Å²) in [5, 5.41) is 0. The molecule has 0 aromatic carbocycles. The van der Waals surface area contributed by atoms with Crippen molar-refractivity contribution in [1.29, 1.82) is 0 Å². The summed E-state index contributed by atoms with van der Waals surface area (Å²) >= 11 is 5.46. The molecular formula is C9H7ClN2O2. The zero-order valence-corrected chi connectivity index (χ0v) is 7.94. The second kappa shape index (κ2) is 3.38. The molecule has 0 N–H and O–H groups in total. The van der Waals surface area contributed by atoms with E-state index in [1.165, 1.54) is 0 Å². The van der Waals surface area contributed by atoms with Crippen LogP contribution < -0.4 is 0 Å². The molecule has 2 heterocycles. The molecule has 0 aliphatic carbocycles. The van der Waals surface area contributed by atoms with E-state index in [-0.39, 0.29) is 12.3 Å². The normalized spacial score (nSPS) is 21.8. The number of hydrogen-bond acceptors (Lipinski definition) is 3. The van der Waals surface area contributed by atoms with Gasteiger partial charge in [-0.2, -0.15) is 4.42 Å². The summed E-state index contributed by atoms with van der Waals surface area (Å²) in [6.45, 7) is 0. The molecule has 0 bridgehead atoms. The lowest BCUT2D eigenvalue weighted by atomic mass is 10.0. The van der Waals surface area contributed by atoms with Gasteiger partial charge in [-0.25, -0.2) is 0 Å². The van der Waals surface area contributed by atoms with Crippen LogP contribution in [0.3, 0.4) is 0 Å². The summed E-state index contributed by atoms with van der Waals surface area (Å²) in [5.41, 5.74) is 0.592. The van der Waals surface area contributed by atoms with Crippen LogP contribution in [0.15, 0.2) is 24.4 Å². The molecule has 5 heteroatoms. The third kappa shape index (κ3) is 1.37. The fourth-order valence-corrected chi connectivity index (χ4v) is 1.60. The average molecular weight is 211 g/mol. The topological polar surface area (TPSA) is 50.3 Å². The molecule has 1 aromatic rings. The predicted octanol–water partition coefficient (Wildman–Crippen LogP) is 1.08.